The summed E-state index contributed by atoms with van der Waals surface area (Å²) in [6, 6.07) is 4.34. The number of rotatable bonds is 2. The van der Waals surface area contributed by atoms with E-state index in [9.17, 15) is 18.0 Å². The molecule has 0 heterocycles. The van der Waals surface area contributed by atoms with E-state index in [-0.39, 0.29) is 6.42 Å². The van der Waals surface area contributed by atoms with E-state index in [1.54, 1.807) is 18.2 Å². The average molecular weight is 271 g/mol. The molecule has 19 heavy (non-hydrogen) atoms. The molecule has 0 bridgehead atoms. The van der Waals surface area contributed by atoms with Gasteiger partial charge in [-0.25, -0.2) is 0 Å². The topological polar surface area (TPSA) is 38.3 Å². The van der Waals surface area contributed by atoms with Crippen molar-refractivity contribution in [2.45, 2.75) is 18.6 Å². The Kier molecular flexibility index (Phi) is 3.26. The fraction of sp³-hybridized carbons (Fsp3) is 0.308. The van der Waals surface area contributed by atoms with Gasteiger partial charge in [-0.2, -0.15) is 13.2 Å². The average Bonchev–Trinajstić information content (AvgIpc) is 2.64. The van der Waals surface area contributed by atoms with Crippen LogP contribution in [0.5, 0.6) is 5.75 Å². The number of hydrogen-bond donors (Lipinski definition) is 1. The second-order valence-electron chi connectivity index (χ2n) is 4.28. The van der Waals surface area contributed by atoms with E-state index in [0.717, 1.165) is 5.56 Å². The summed E-state index contributed by atoms with van der Waals surface area (Å²) in [7, 11) is 1.47. The third kappa shape index (κ3) is 2.57. The summed E-state index contributed by atoms with van der Waals surface area (Å²) >= 11 is 0. The second-order valence-corrected chi connectivity index (χ2v) is 4.28. The molecule has 0 unspecified atom stereocenters. The molecule has 1 atom stereocenters. The minimum Gasteiger partial charge on any atom is -0.497 e. The molecular weight excluding hydrogens is 259 g/mol. The monoisotopic (exact) mass is 271 g/mol. The summed E-state index contributed by atoms with van der Waals surface area (Å²) in [4.78, 5) is 11.0. The van der Waals surface area contributed by atoms with E-state index in [1.165, 1.54) is 7.11 Å². The smallest absolute Gasteiger partial charge is 0.471 e. The minimum atomic E-state index is -4.89. The van der Waals surface area contributed by atoms with Crippen molar-refractivity contribution in [3.05, 3.63) is 35.9 Å². The van der Waals surface area contributed by atoms with E-state index >= 15 is 0 Å². The molecule has 0 saturated carbocycles. The molecule has 0 fully saturated rings. The van der Waals surface area contributed by atoms with Crippen molar-refractivity contribution in [2.75, 3.05) is 7.11 Å². The molecule has 6 heteroatoms. The quantitative estimate of drug-likeness (QED) is 0.898. The predicted molar refractivity (Wildman–Crippen MR) is 63.6 cm³/mol. The highest BCUT2D eigenvalue weighted by Gasteiger charge is 2.41. The molecule has 102 valence electrons. The van der Waals surface area contributed by atoms with E-state index in [0.29, 0.717) is 16.9 Å². The largest absolute Gasteiger partial charge is 0.497 e. The summed E-state index contributed by atoms with van der Waals surface area (Å²) in [6.07, 6.45) is -4.62. The van der Waals surface area contributed by atoms with Crippen molar-refractivity contribution in [1.29, 1.82) is 0 Å². The standard InChI is InChI=1S/C13H12F3NO2/c1-7-5-11(17-12(18)13(14,15)16)10-6-8(19-2)3-4-9(7)10/h3-4,6,11H,1,5H2,2H3,(H,17,18)/t11-/m0/s1. The van der Waals surface area contributed by atoms with Gasteiger partial charge in [-0.3, -0.25) is 4.79 Å². The van der Waals surface area contributed by atoms with E-state index in [4.69, 9.17) is 4.74 Å². The molecule has 2 rings (SSSR count). The molecule has 0 radical (unpaired) electrons. The molecule has 1 aliphatic carbocycles. The van der Waals surface area contributed by atoms with E-state index in [1.807, 2.05) is 5.32 Å². The zero-order valence-electron chi connectivity index (χ0n) is 10.2. The van der Waals surface area contributed by atoms with Crippen LogP contribution in [0.1, 0.15) is 23.6 Å². The van der Waals surface area contributed by atoms with Crippen molar-refractivity contribution >= 4 is 11.5 Å². The molecule has 0 aromatic heterocycles. The lowest BCUT2D eigenvalue weighted by Crippen LogP contribution is -2.38. The van der Waals surface area contributed by atoms with Crippen molar-refractivity contribution in [3.8, 4) is 5.75 Å². The second kappa shape index (κ2) is 4.60. The van der Waals surface area contributed by atoms with Gasteiger partial charge in [-0.05, 0) is 35.3 Å². The number of fused-ring (bicyclic) bond motifs is 1. The summed E-state index contributed by atoms with van der Waals surface area (Å²) in [5.41, 5.74) is 2.06. The first-order chi connectivity index (χ1) is 8.82. The zero-order chi connectivity index (χ0) is 14.2. The van der Waals surface area contributed by atoms with Crippen LogP contribution in [0.15, 0.2) is 24.8 Å². The summed E-state index contributed by atoms with van der Waals surface area (Å²) in [5, 5.41) is 1.98. The van der Waals surface area contributed by atoms with E-state index < -0.39 is 18.1 Å². The van der Waals surface area contributed by atoms with Crippen LogP contribution in [0.4, 0.5) is 13.2 Å². The summed E-state index contributed by atoms with van der Waals surface area (Å²) in [6.45, 7) is 3.80. The van der Waals surface area contributed by atoms with Crippen LogP contribution in [-0.4, -0.2) is 19.2 Å². The lowest BCUT2D eigenvalue weighted by atomic mass is 10.1. The van der Waals surface area contributed by atoms with Crippen LogP contribution in [0.3, 0.4) is 0 Å². The van der Waals surface area contributed by atoms with Crippen molar-refractivity contribution < 1.29 is 22.7 Å². The molecule has 1 amide bonds. The molecular formula is C13H12F3NO2. The number of alkyl halides is 3. The molecule has 1 aromatic rings. The highest BCUT2D eigenvalue weighted by molar-refractivity contribution is 5.84. The van der Waals surface area contributed by atoms with Gasteiger partial charge in [0.05, 0.1) is 13.2 Å². The van der Waals surface area contributed by atoms with Gasteiger partial charge in [0, 0.05) is 0 Å². The maximum atomic E-state index is 12.3. The van der Waals surface area contributed by atoms with E-state index in [2.05, 4.69) is 6.58 Å². The Morgan fingerprint density at radius 1 is 1.47 bits per heavy atom. The highest BCUT2D eigenvalue weighted by atomic mass is 19.4. The van der Waals surface area contributed by atoms with Gasteiger partial charge in [0.25, 0.3) is 0 Å². The SMILES string of the molecule is C=C1C[C@H](NC(=O)C(F)(F)F)c2cc(OC)ccc21. The number of carbonyl (C=O) groups excluding carboxylic acids is 1. The Hall–Kier alpha value is -1.98. The third-order valence-electron chi connectivity index (χ3n) is 3.03. The summed E-state index contributed by atoms with van der Waals surface area (Å²) in [5.74, 6) is -1.42. The van der Waals surface area contributed by atoms with Crippen LogP contribution in [-0.2, 0) is 4.79 Å². The van der Waals surface area contributed by atoms with Crippen LogP contribution in [0.25, 0.3) is 5.57 Å². The van der Waals surface area contributed by atoms with Gasteiger partial charge in [-0.15, -0.1) is 0 Å². The van der Waals surface area contributed by atoms with Crippen LogP contribution < -0.4 is 10.1 Å². The Morgan fingerprint density at radius 3 is 2.74 bits per heavy atom. The minimum absolute atomic E-state index is 0.268. The van der Waals surface area contributed by atoms with Gasteiger partial charge in [-0.1, -0.05) is 12.6 Å². The molecule has 1 N–H and O–H groups in total. The lowest BCUT2D eigenvalue weighted by Gasteiger charge is -2.15. The number of ether oxygens (including phenoxy) is 1. The van der Waals surface area contributed by atoms with Gasteiger partial charge >= 0.3 is 12.1 Å². The Morgan fingerprint density at radius 2 is 2.16 bits per heavy atom. The van der Waals surface area contributed by atoms with Gasteiger partial charge in [0.1, 0.15) is 5.75 Å². The number of halogens is 3. The van der Waals surface area contributed by atoms with Crippen LogP contribution >= 0.6 is 0 Å². The highest BCUT2D eigenvalue weighted by Crippen LogP contribution is 2.40. The van der Waals surface area contributed by atoms with Crippen molar-refractivity contribution in [2.24, 2.45) is 0 Å². The van der Waals surface area contributed by atoms with Crippen LogP contribution in [0, 0.1) is 0 Å². The first kappa shape index (κ1) is 13.5. The number of benzene rings is 1. The maximum Gasteiger partial charge on any atom is 0.471 e. The molecule has 1 aliphatic rings. The first-order valence-corrected chi connectivity index (χ1v) is 5.56. The molecule has 0 aliphatic heterocycles. The molecule has 0 spiro atoms. The predicted octanol–water partition coefficient (Wildman–Crippen LogP) is 2.83. The lowest BCUT2D eigenvalue weighted by molar-refractivity contribution is -0.174. The number of methoxy groups -OCH3 is 1. The Balaban J connectivity index is 2.28. The number of hydrogen-bond acceptors (Lipinski definition) is 2. The van der Waals surface area contributed by atoms with Crippen molar-refractivity contribution in [3.63, 3.8) is 0 Å². The molecule has 0 saturated heterocycles. The van der Waals surface area contributed by atoms with Gasteiger partial charge in [0.2, 0.25) is 0 Å². The van der Waals surface area contributed by atoms with Crippen LogP contribution in [0.2, 0.25) is 0 Å². The molecule has 1 aromatic carbocycles. The molecule has 3 nitrogen and oxygen atoms in total. The third-order valence-corrected chi connectivity index (χ3v) is 3.03. The van der Waals surface area contributed by atoms with Crippen molar-refractivity contribution in [1.82, 2.24) is 5.32 Å². The Bertz CT molecular complexity index is 537. The fourth-order valence-corrected chi connectivity index (χ4v) is 2.11. The number of nitrogens with one attached hydrogen (secondary N) is 1. The number of carbonyl (C=O) groups is 1. The maximum absolute atomic E-state index is 12.3. The van der Waals surface area contributed by atoms with Gasteiger partial charge < -0.3 is 10.1 Å². The normalized spacial score (nSPS) is 18.1. The number of amides is 1. The summed E-state index contributed by atoms with van der Waals surface area (Å²) < 4.78 is 41.8. The first-order valence-electron chi connectivity index (χ1n) is 5.56. The zero-order valence-corrected chi connectivity index (χ0v) is 10.2. The fourth-order valence-electron chi connectivity index (χ4n) is 2.11. The van der Waals surface area contributed by atoms with Gasteiger partial charge in [0.15, 0.2) is 0 Å². The Labute approximate surface area is 108 Å².